The predicted octanol–water partition coefficient (Wildman–Crippen LogP) is 3.52. The maximum atomic E-state index is 13.2. The number of pyridine rings is 1. The van der Waals surface area contributed by atoms with Crippen molar-refractivity contribution in [3.8, 4) is 17.0 Å². The first kappa shape index (κ1) is 26.5. The zero-order chi connectivity index (χ0) is 28.2. The van der Waals surface area contributed by atoms with Crippen molar-refractivity contribution in [2.24, 2.45) is 0 Å². The Hall–Kier alpha value is -4.71. The number of carbonyl (C=O) groups excluding carboxylic acids is 2. The fourth-order valence-electron chi connectivity index (χ4n) is 5.20. The lowest BCUT2D eigenvalue weighted by atomic mass is 10.0. The quantitative estimate of drug-likeness (QED) is 0.280. The number of anilines is 2. The molecule has 1 aromatic carbocycles. The van der Waals surface area contributed by atoms with Crippen LogP contribution < -0.4 is 15.4 Å². The number of nitrogens with one attached hydrogen (secondary N) is 3. The Balaban J connectivity index is 1.18. The van der Waals surface area contributed by atoms with Crippen molar-refractivity contribution in [3.63, 3.8) is 0 Å². The summed E-state index contributed by atoms with van der Waals surface area (Å²) in [5, 5.41) is 17.9. The molecule has 0 bridgehead atoms. The molecule has 0 unspecified atom stereocenters. The van der Waals surface area contributed by atoms with Crippen molar-refractivity contribution < 1.29 is 19.1 Å². The Kier molecular flexibility index (Phi) is 7.63. The van der Waals surface area contributed by atoms with Crippen LogP contribution in [-0.2, 0) is 9.53 Å². The van der Waals surface area contributed by atoms with Crippen LogP contribution in [0.4, 0.5) is 11.6 Å². The van der Waals surface area contributed by atoms with E-state index in [2.05, 4.69) is 27.4 Å². The number of benzene rings is 1. The molecule has 2 aliphatic rings. The molecule has 2 fully saturated rings. The van der Waals surface area contributed by atoms with E-state index in [9.17, 15) is 9.59 Å². The third-order valence-electron chi connectivity index (χ3n) is 7.34. The molecular formula is C29H32N8O4. The minimum atomic E-state index is -0.297. The van der Waals surface area contributed by atoms with E-state index in [-0.39, 0.29) is 24.0 Å². The summed E-state index contributed by atoms with van der Waals surface area (Å²) < 4.78 is 13.7. The first-order valence-corrected chi connectivity index (χ1v) is 13.8. The highest BCUT2D eigenvalue weighted by Gasteiger charge is 2.26. The molecule has 3 aromatic heterocycles. The molecule has 0 saturated carbocycles. The van der Waals surface area contributed by atoms with Gasteiger partial charge in [0, 0.05) is 60.5 Å². The van der Waals surface area contributed by atoms with Crippen molar-refractivity contribution in [1.82, 2.24) is 29.7 Å². The molecule has 0 spiro atoms. The van der Waals surface area contributed by atoms with Crippen LogP contribution in [0.25, 0.3) is 16.8 Å². The van der Waals surface area contributed by atoms with E-state index in [1.54, 1.807) is 35.0 Å². The van der Waals surface area contributed by atoms with Gasteiger partial charge in [0.2, 0.25) is 17.7 Å². The van der Waals surface area contributed by atoms with E-state index in [1.165, 1.54) is 6.08 Å². The number of piperidine rings is 1. The van der Waals surface area contributed by atoms with Crippen LogP contribution in [-0.4, -0.2) is 80.0 Å². The van der Waals surface area contributed by atoms with Gasteiger partial charge >= 0.3 is 0 Å². The summed E-state index contributed by atoms with van der Waals surface area (Å²) in [7, 11) is 0. The predicted molar refractivity (Wildman–Crippen MR) is 153 cm³/mol. The van der Waals surface area contributed by atoms with Crippen LogP contribution >= 0.6 is 0 Å². The van der Waals surface area contributed by atoms with Crippen molar-refractivity contribution in [2.45, 2.75) is 37.8 Å². The molecule has 2 amide bonds. The highest BCUT2D eigenvalue weighted by Crippen LogP contribution is 2.32. The Morgan fingerprint density at radius 3 is 2.71 bits per heavy atom. The van der Waals surface area contributed by atoms with Crippen LogP contribution in [0.1, 0.15) is 36.0 Å². The van der Waals surface area contributed by atoms with Gasteiger partial charge < -0.3 is 25.0 Å². The second kappa shape index (κ2) is 11.8. The number of amides is 2. The highest BCUT2D eigenvalue weighted by atomic mass is 16.5. The average Bonchev–Trinajstić information content (AvgIpc) is 3.68. The van der Waals surface area contributed by atoms with Crippen LogP contribution in [0.5, 0.6) is 5.88 Å². The van der Waals surface area contributed by atoms with Crippen molar-refractivity contribution in [1.29, 1.82) is 0 Å². The van der Waals surface area contributed by atoms with E-state index in [1.807, 2.05) is 23.2 Å². The van der Waals surface area contributed by atoms with Crippen molar-refractivity contribution in [2.75, 3.05) is 36.9 Å². The maximum Gasteiger partial charge on any atom is 0.253 e. The maximum absolute atomic E-state index is 13.2. The van der Waals surface area contributed by atoms with E-state index in [4.69, 9.17) is 19.6 Å². The standard InChI is InChI=1S/C29H32N8O4/c1-2-26(38)32-21-7-5-19(6-8-21)27(39)36-13-3-4-22(18-36)33-29-34-25-10-9-24(20-16-30-31-17-20)28(37(25)35-29)41-23-11-14-40-15-12-23/h2,5-10,16-17,22-23H,1,3-4,11-15,18H2,(H,30,31)(H,32,38)(H,33,35)/t22-/m1/s1. The van der Waals surface area contributed by atoms with Gasteiger partial charge in [-0.2, -0.15) is 14.6 Å². The summed E-state index contributed by atoms with van der Waals surface area (Å²) in [6.45, 7) is 5.97. The van der Waals surface area contributed by atoms with Crippen molar-refractivity contribution >= 4 is 29.1 Å². The summed E-state index contributed by atoms with van der Waals surface area (Å²) in [5.41, 5.74) is 3.61. The summed E-state index contributed by atoms with van der Waals surface area (Å²) >= 11 is 0. The number of likely N-dealkylation sites (tertiary alicyclic amines) is 1. The zero-order valence-electron chi connectivity index (χ0n) is 22.6. The third kappa shape index (κ3) is 5.92. The average molecular weight is 557 g/mol. The van der Waals surface area contributed by atoms with E-state index >= 15 is 0 Å². The van der Waals surface area contributed by atoms with Gasteiger partial charge in [0.25, 0.3) is 5.91 Å². The van der Waals surface area contributed by atoms with E-state index in [0.29, 0.717) is 55.0 Å². The van der Waals surface area contributed by atoms with Gasteiger partial charge in [0.05, 0.1) is 19.4 Å². The van der Waals surface area contributed by atoms with Gasteiger partial charge in [-0.1, -0.05) is 6.58 Å². The number of H-pyrrole nitrogens is 1. The fourth-order valence-corrected chi connectivity index (χ4v) is 5.20. The number of aromatic nitrogens is 5. The Labute approximate surface area is 236 Å². The molecule has 12 heteroatoms. The van der Waals surface area contributed by atoms with Crippen LogP contribution in [0, 0.1) is 0 Å². The minimum Gasteiger partial charge on any atom is -0.474 e. The number of aromatic amines is 1. The molecule has 6 rings (SSSR count). The van der Waals surface area contributed by atoms with Crippen LogP contribution in [0.15, 0.2) is 61.4 Å². The molecule has 4 aromatic rings. The van der Waals surface area contributed by atoms with Gasteiger partial charge in [-0.3, -0.25) is 14.7 Å². The Bertz CT molecular complexity index is 1530. The lowest BCUT2D eigenvalue weighted by Crippen LogP contribution is -2.45. The summed E-state index contributed by atoms with van der Waals surface area (Å²) in [6, 6.07) is 10.7. The minimum absolute atomic E-state index is 0.00975. The number of fused-ring (bicyclic) bond motifs is 1. The Morgan fingerprint density at radius 1 is 1.12 bits per heavy atom. The molecule has 2 saturated heterocycles. The molecule has 0 radical (unpaired) electrons. The summed E-state index contributed by atoms with van der Waals surface area (Å²) in [6.07, 6.45) is 8.16. The third-order valence-corrected chi connectivity index (χ3v) is 7.34. The second-order valence-corrected chi connectivity index (χ2v) is 10.2. The molecule has 0 aliphatic carbocycles. The lowest BCUT2D eigenvalue weighted by Gasteiger charge is -2.33. The second-order valence-electron chi connectivity index (χ2n) is 10.2. The normalized spacial score (nSPS) is 17.8. The van der Waals surface area contributed by atoms with Gasteiger partial charge in [-0.15, -0.1) is 5.10 Å². The van der Waals surface area contributed by atoms with Gasteiger partial charge in [-0.05, 0) is 55.3 Å². The number of rotatable bonds is 8. The van der Waals surface area contributed by atoms with E-state index < -0.39 is 0 Å². The molecular weight excluding hydrogens is 524 g/mol. The number of hydrogen-bond donors (Lipinski definition) is 3. The molecule has 3 N–H and O–H groups in total. The van der Waals surface area contributed by atoms with Gasteiger partial charge in [-0.25, -0.2) is 0 Å². The highest BCUT2D eigenvalue weighted by molar-refractivity contribution is 5.99. The fraction of sp³-hybridized carbons (Fsp3) is 0.345. The first-order chi connectivity index (χ1) is 20.1. The monoisotopic (exact) mass is 556 g/mol. The number of hydrogen-bond acceptors (Lipinski definition) is 8. The van der Waals surface area contributed by atoms with Gasteiger partial charge in [0.15, 0.2) is 5.65 Å². The van der Waals surface area contributed by atoms with E-state index in [0.717, 1.165) is 36.8 Å². The summed E-state index contributed by atoms with van der Waals surface area (Å²) in [4.78, 5) is 31.3. The summed E-state index contributed by atoms with van der Waals surface area (Å²) in [5.74, 6) is 0.741. The first-order valence-electron chi connectivity index (χ1n) is 13.8. The SMILES string of the molecule is C=CC(=O)Nc1ccc(C(=O)N2CCC[C@@H](Nc3nc4ccc(-c5cn[nH]c5)c(OC5CCOCC5)n4n3)C2)cc1. The van der Waals surface area contributed by atoms with Gasteiger partial charge in [0.1, 0.15) is 6.10 Å². The van der Waals surface area contributed by atoms with Crippen molar-refractivity contribution in [3.05, 3.63) is 67.0 Å². The van der Waals surface area contributed by atoms with Crippen LogP contribution in [0.3, 0.4) is 0 Å². The molecule has 12 nitrogen and oxygen atoms in total. The smallest absolute Gasteiger partial charge is 0.253 e. The molecule has 5 heterocycles. The number of carbonyl (C=O) groups is 2. The molecule has 41 heavy (non-hydrogen) atoms. The van der Waals surface area contributed by atoms with Crippen LogP contribution in [0.2, 0.25) is 0 Å². The topological polar surface area (TPSA) is 139 Å². The zero-order valence-corrected chi connectivity index (χ0v) is 22.6. The molecule has 212 valence electrons. The number of ether oxygens (including phenoxy) is 2. The molecule has 2 aliphatic heterocycles. The molecule has 1 atom stereocenters. The lowest BCUT2D eigenvalue weighted by molar-refractivity contribution is -0.111. The largest absolute Gasteiger partial charge is 0.474 e. The number of nitrogens with zero attached hydrogens (tertiary/aromatic N) is 5. The Morgan fingerprint density at radius 2 is 1.95 bits per heavy atom.